The molecule has 0 bridgehead atoms. The Morgan fingerprint density at radius 1 is 1.08 bits per heavy atom. The fourth-order valence-electron chi connectivity index (χ4n) is 6.23. The van der Waals surface area contributed by atoms with Crippen LogP contribution in [0.1, 0.15) is 62.0 Å². The molecule has 3 aromatic carbocycles. The van der Waals surface area contributed by atoms with Gasteiger partial charge in [0.1, 0.15) is 18.2 Å². The van der Waals surface area contributed by atoms with Gasteiger partial charge in [-0.15, -0.1) is 0 Å². The number of halogens is 2. The Hall–Kier alpha value is -3.45. The van der Waals surface area contributed by atoms with Gasteiger partial charge in [-0.1, -0.05) is 39.0 Å². The first kappa shape index (κ1) is 27.1. The quantitative estimate of drug-likeness (QED) is 0.329. The summed E-state index contributed by atoms with van der Waals surface area (Å²) in [5.74, 6) is -1.61. The van der Waals surface area contributed by atoms with Crippen LogP contribution in [0.5, 0.6) is 11.5 Å². The Labute approximate surface area is 227 Å². The summed E-state index contributed by atoms with van der Waals surface area (Å²) in [5, 5.41) is 9.52. The standard InChI is InChI=1S/C32H34F2O5/c1-31(2,3)29(38-5)23-14-18(6-9-21(23)22-15-20(37-4)8-10-25(22)33)17-39-26-11-7-19-12-13-32(27(19)28(26)34)16-24(32)30(35)36/h6-11,14-15,24,29H,12-13,16-17H2,1-5H3,(H,35,36)/t24-,29+,32+/m1/s1. The summed E-state index contributed by atoms with van der Waals surface area (Å²) in [5.41, 5.74) is 3.09. The van der Waals surface area contributed by atoms with Crippen molar-refractivity contribution < 1.29 is 32.9 Å². The minimum absolute atomic E-state index is 0.0829. The van der Waals surface area contributed by atoms with E-state index in [1.807, 2.05) is 45.0 Å². The van der Waals surface area contributed by atoms with E-state index in [2.05, 4.69) is 0 Å². The maximum atomic E-state index is 15.7. The van der Waals surface area contributed by atoms with Crippen molar-refractivity contribution in [2.75, 3.05) is 14.2 Å². The number of aryl methyl sites for hydroxylation is 1. The predicted octanol–water partition coefficient (Wildman–Crippen LogP) is 7.24. The maximum Gasteiger partial charge on any atom is 0.307 e. The first-order valence-electron chi connectivity index (χ1n) is 13.2. The van der Waals surface area contributed by atoms with E-state index in [0.29, 0.717) is 41.7 Å². The molecule has 206 valence electrons. The molecule has 5 rings (SSSR count). The molecule has 0 amide bonds. The molecule has 0 heterocycles. The van der Waals surface area contributed by atoms with Crippen molar-refractivity contribution >= 4 is 5.97 Å². The van der Waals surface area contributed by atoms with E-state index in [9.17, 15) is 9.90 Å². The van der Waals surface area contributed by atoms with E-state index in [0.717, 1.165) is 16.7 Å². The second kappa shape index (κ2) is 9.94. The molecule has 39 heavy (non-hydrogen) atoms. The highest BCUT2D eigenvalue weighted by Gasteiger charge is 2.63. The van der Waals surface area contributed by atoms with E-state index >= 15 is 8.78 Å². The molecule has 0 aromatic heterocycles. The van der Waals surface area contributed by atoms with Crippen LogP contribution in [0.3, 0.4) is 0 Å². The number of carboxylic acid groups (broad SMARTS) is 1. The van der Waals surface area contributed by atoms with E-state index in [1.165, 1.54) is 13.2 Å². The zero-order valence-corrected chi connectivity index (χ0v) is 22.9. The largest absolute Gasteiger partial charge is 0.497 e. The van der Waals surface area contributed by atoms with Gasteiger partial charge in [0.2, 0.25) is 0 Å². The number of fused-ring (bicyclic) bond motifs is 2. The Bertz CT molecular complexity index is 1430. The van der Waals surface area contributed by atoms with E-state index in [4.69, 9.17) is 14.2 Å². The molecule has 0 radical (unpaired) electrons. The first-order chi connectivity index (χ1) is 18.5. The highest BCUT2D eigenvalue weighted by molar-refractivity contribution is 5.78. The van der Waals surface area contributed by atoms with Gasteiger partial charge in [0.25, 0.3) is 0 Å². The molecule has 1 fully saturated rings. The zero-order chi connectivity index (χ0) is 28.1. The number of aliphatic carboxylic acids is 1. The Balaban J connectivity index is 1.48. The van der Waals surface area contributed by atoms with Gasteiger partial charge in [0.15, 0.2) is 11.6 Å². The molecule has 7 heteroatoms. The first-order valence-corrected chi connectivity index (χ1v) is 13.2. The van der Waals surface area contributed by atoms with Crippen molar-refractivity contribution in [1.82, 2.24) is 0 Å². The molecule has 1 N–H and O–H groups in total. The third-order valence-corrected chi connectivity index (χ3v) is 8.18. The van der Waals surface area contributed by atoms with Gasteiger partial charge in [-0.05, 0) is 77.3 Å². The van der Waals surface area contributed by atoms with E-state index in [1.54, 1.807) is 25.3 Å². The summed E-state index contributed by atoms with van der Waals surface area (Å²) in [6, 6.07) is 13.7. The highest BCUT2D eigenvalue weighted by atomic mass is 19.1. The van der Waals surface area contributed by atoms with Crippen LogP contribution in [-0.2, 0) is 28.0 Å². The van der Waals surface area contributed by atoms with E-state index < -0.39 is 23.1 Å². The van der Waals surface area contributed by atoms with Crippen LogP contribution in [0.2, 0.25) is 0 Å². The lowest BCUT2D eigenvalue weighted by atomic mass is 9.81. The second-order valence-corrected chi connectivity index (χ2v) is 11.7. The zero-order valence-electron chi connectivity index (χ0n) is 22.9. The van der Waals surface area contributed by atoms with Gasteiger partial charge >= 0.3 is 5.97 Å². The molecule has 3 aromatic rings. The smallest absolute Gasteiger partial charge is 0.307 e. The van der Waals surface area contributed by atoms with Crippen LogP contribution < -0.4 is 9.47 Å². The number of benzene rings is 3. The monoisotopic (exact) mass is 536 g/mol. The summed E-state index contributed by atoms with van der Waals surface area (Å²) in [7, 11) is 3.17. The average molecular weight is 537 g/mol. The lowest BCUT2D eigenvalue weighted by Gasteiger charge is -2.32. The number of hydrogen-bond donors (Lipinski definition) is 1. The van der Waals surface area contributed by atoms with Gasteiger partial charge in [0, 0.05) is 23.7 Å². The Morgan fingerprint density at radius 2 is 1.85 bits per heavy atom. The fraction of sp³-hybridized carbons (Fsp3) is 0.406. The highest BCUT2D eigenvalue weighted by Crippen LogP contribution is 2.62. The molecule has 0 aliphatic heterocycles. The van der Waals surface area contributed by atoms with Gasteiger partial charge in [0.05, 0.1) is 19.1 Å². The molecule has 0 unspecified atom stereocenters. The predicted molar refractivity (Wildman–Crippen MR) is 144 cm³/mol. The molecule has 3 atom stereocenters. The number of hydrogen-bond acceptors (Lipinski definition) is 4. The van der Waals surface area contributed by atoms with Crippen LogP contribution in [0, 0.1) is 23.0 Å². The van der Waals surface area contributed by atoms with Gasteiger partial charge < -0.3 is 19.3 Å². The summed E-state index contributed by atoms with van der Waals surface area (Å²) >= 11 is 0. The Morgan fingerprint density at radius 3 is 2.49 bits per heavy atom. The number of rotatable bonds is 8. The van der Waals surface area contributed by atoms with Crippen LogP contribution in [-0.4, -0.2) is 25.3 Å². The topological polar surface area (TPSA) is 65.0 Å². The number of methoxy groups -OCH3 is 2. The summed E-state index contributed by atoms with van der Waals surface area (Å²) in [6.45, 7) is 6.23. The lowest BCUT2D eigenvalue weighted by molar-refractivity contribution is -0.139. The van der Waals surface area contributed by atoms with Crippen LogP contribution in [0.15, 0.2) is 48.5 Å². The molecule has 2 aliphatic rings. The minimum atomic E-state index is -0.875. The third kappa shape index (κ3) is 4.78. The maximum absolute atomic E-state index is 15.7. The van der Waals surface area contributed by atoms with Crippen molar-refractivity contribution in [2.45, 2.75) is 58.2 Å². The van der Waals surface area contributed by atoms with Crippen molar-refractivity contribution in [2.24, 2.45) is 11.3 Å². The van der Waals surface area contributed by atoms with Crippen molar-refractivity contribution in [3.8, 4) is 22.6 Å². The number of carbonyl (C=O) groups is 1. The normalized spacial score (nSPS) is 20.5. The van der Waals surface area contributed by atoms with Crippen molar-refractivity contribution in [3.63, 3.8) is 0 Å². The number of carboxylic acids is 1. The SMILES string of the molecule is COc1ccc(F)c(-c2ccc(COc3ccc4c(c3F)[C@@]3(CC4)C[C@@H]3C(=O)O)cc2[C@H](OC)C(C)(C)C)c1. The van der Waals surface area contributed by atoms with Gasteiger partial charge in [-0.25, -0.2) is 8.78 Å². The summed E-state index contributed by atoms with van der Waals surface area (Å²) in [4.78, 5) is 11.6. The molecule has 1 saturated carbocycles. The molecule has 1 spiro atoms. The molecule has 2 aliphatic carbocycles. The Kier molecular flexibility index (Phi) is 6.91. The number of ether oxygens (including phenoxy) is 3. The molecule has 5 nitrogen and oxygen atoms in total. The van der Waals surface area contributed by atoms with Gasteiger partial charge in [-0.2, -0.15) is 0 Å². The molecular formula is C32H34F2O5. The van der Waals surface area contributed by atoms with Crippen molar-refractivity contribution in [3.05, 3.63) is 82.4 Å². The summed E-state index contributed by atoms with van der Waals surface area (Å²) < 4.78 is 47.9. The summed E-state index contributed by atoms with van der Waals surface area (Å²) in [6.07, 6.45) is 1.42. The average Bonchev–Trinajstić information content (AvgIpc) is 3.50. The fourth-order valence-corrected chi connectivity index (χ4v) is 6.23. The molecule has 0 saturated heterocycles. The van der Waals surface area contributed by atoms with Crippen LogP contribution in [0.25, 0.3) is 11.1 Å². The second-order valence-electron chi connectivity index (χ2n) is 11.7. The molecular weight excluding hydrogens is 502 g/mol. The van der Waals surface area contributed by atoms with E-state index in [-0.39, 0.29) is 29.7 Å². The third-order valence-electron chi connectivity index (χ3n) is 8.18. The van der Waals surface area contributed by atoms with Crippen molar-refractivity contribution in [1.29, 1.82) is 0 Å². The lowest BCUT2D eigenvalue weighted by Crippen LogP contribution is -2.21. The van der Waals surface area contributed by atoms with Gasteiger partial charge in [-0.3, -0.25) is 4.79 Å². The minimum Gasteiger partial charge on any atom is -0.497 e. The van der Waals surface area contributed by atoms with Crippen LogP contribution in [0.4, 0.5) is 8.78 Å². The van der Waals surface area contributed by atoms with Crippen LogP contribution >= 0.6 is 0 Å².